The summed E-state index contributed by atoms with van der Waals surface area (Å²) >= 11 is 0. The lowest BCUT2D eigenvalue weighted by Crippen LogP contribution is -2.43. The monoisotopic (exact) mass is 399 g/mol. The van der Waals surface area contributed by atoms with Crippen LogP contribution < -0.4 is 10.1 Å². The Balaban J connectivity index is 1.28. The molecule has 0 fully saturated rings. The Bertz CT molecular complexity index is 1090. The first kappa shape index (κ1) is 18.4. The molecule has 3 aromatic rings. The maximum atomic E-state index is 13.1. The van der Waals surface area contributed by atoms with Gasteiger partial charge in [0.25, 0.3) is 11.8 Å². The van der Waals surface area contributed by atoms with Crippen molar-refractivity contribution in [1.82, 2.24) is 9.88 Å². The summed E-state index contributed by atoms with van der Waals surface area (Å²) in [6.45, 7) is 1.19. The van der Waals surface area contributed by atoms with Crippen LogP contribution in [0.5, 0.6) is 5.75 Å². The molecule has 5 rings (SSSR count). The number of para-hydroxylation sites is 1. The van der Waals surface area contributed by atoms with E-state index >= 15 is 0 Å². The number of amides is 2. The lowest BCUT2D eigenvalue weighted by molar-refractivity contribution is -0.138. The van der Waals surface area contributed by atoms with Crippen LogP contribution in [-0.4, -0.2) is 34.3 Å². The van der Waals surface area contributed by atoms with E-state index in [1.54, 1.807) is 24.5 Å². The summed E-state index contributed by atoms with van der Waals surface area (Å²) in [6.07, 6.45) is 4.13. The van der Waals surface area contributed by atoms with Crippen LogP contribution in [0.15, 0.2) is 67.0 Å². The van der Waals surface area contributed by atoms with E-state index in [-0.39, 0.29) is 11.8 Å². The Hall–Kier alpha value is -3.67. The molecule has 2 aliphatic heterocycles. The summed E-state index contributed by atoms with van der Waals surface area (Å²) in [6, 6.07) is 17.0. The summed E-state index contributed by atoms with van der Waals surface area (Å²) in [7, 11) is 0. The normalized spacial score (nSPS) is 16.9. The SMILES string of the molecule is O=C(Nc1ccc2c(c1)CN(C(=O)C1Cc3ccccc3O1)CC2)c1ccncc1. The zero-order valence-electron chi connectivity index (χ0n) is 16.4. The maximum Gasteiger partial charge on any atom is 0.264 e. The van der Waals surface area contributed by atoms with Crippen molar-refractivity contribution in [3.8, 4) is 5.75 Å². The molecule has 3 heterocycles. The third kappa shape index (κ3) is 3.52. The van der Waals surface area contributed by atoms with Crippen LogP contribution >= 0.6 is 0 Å². The molecular formula is C24H21N3O3. The summed E-state index contributed by atoms with van der Waals surface area (Å²) in [5.74, 6) is 0.635. The van der Waals surface area contributed by atoms with Gasteiger partial charge in [-0.15, -0.1) is 0 Å². The van der Waals surface area contributed by atoms with Gasteiger partial charge in [0, 0.05) is 43.2 Å². The largest absolute Gasteiger partial charge is 0.480 e. The number of carbonyl (C=O) groups excluding carboxylic acids is 2. The number of nitrogens with one attached hydrogen (secondary N) is 1. The molecule has 0 bridgehead atoms. The van der Waals surface area contributed by atoms with Crippen molar-refractivity contribution in [1.29, 1.82) is 0 Å². The quantitative estimate of drug-likeness (QED) is 0.734. The van der Waals surface area contributed by atoms with Gasteiger partial charge in [0.15, 0.2) is 6.10 Å². The number of pyridine rings is 1. The second-order valence-corrected chi connectivity index (χ2v) is 7.60. The fraction of sp³-hybridized carbons (Fsp3) is 0.208. The van der Waals surface area contributed by atoms with Gasteiger partial charge in [-0.25, -0.2) is 0 Å². The van der Waals surface area contributed by atoms with Crippen molar-refractivity contribution in [2.75, 3.05) is 11.9 Å². The number of carbonyl (C=O) groups is 2. The number of fused-ring (bicyclic) bond motifs is 2. The first-order chi connectivity index (χ1) is 14.7. The third-order valence-electron chi connectivity index (χ3n) is 5.65. The predicted octanol–water partition coefficient (Wildman–Crippen LogP) is 3.22. The molecule has 1 N–H and O–H groups in total. The minimum Gasteiger partial charge on any atom is -0.480 e. The van der Waals surface area contributed by atoms with Gasteiger partial charge in [-0.3, -0.25) is 14.6 Å². The number of hydrogen-bond acceptors (Lipinski definition) is 4. The van der Waals surface area contributed by atoms with Crippen LogP contribution in [0.1, 0.15) is 27.0 Å². The molecule has 6 heteroatoms. The van der Waals surface area contributed by atoms with Crippen molar-refractivity contribution in [2.24, 2.45) is 0 Å². The number of ether oxygens (including phenoxy) is 1. The van der Waals surface area contributed by atoms with Crippen LogP contribution in [0.25, 0.3) is 0 Å². The van der Waals surface area contributed by atoms with E-state index in [4.69, 9.17) is 4.74 Å². The second-order valence-electron chi connectivity index (χ2n) is 7.60. The lowest BCUT2D eigenvalue weighted by atomic mass is 9.98. The number of anilines is 1. The van der Waals surface area contributed by atoms with E-state index in [9.17, 15) is 9.59 Å². The number of aromatic nitrogens is 1. The fourth-order valence-corrected chi connectivity index (χ4v) is 4.05. The van der Waals surface area contributed by atoms with Gasteiger partial charge in [0.1, 0.15) is 5.75 Å². The van der Waals surface area contributed by atoms with Crippen LogP contribution in [0.4, 0.5) is 5.69 Å². The van der Waals surface area contributed by atoms with Crippen molar-refractivity contribution < 1.29 is 14.3 Å². The predicted molar refractivity (Wildman–Crippen MR) is 112 cm³/mol. The molecule has 2 aromatic carbocycles. The minimum absolute atomic E-state index is 0.0167. The highest BCUT2D eigenvalue weighted by Crippen LogP contribution is 2.30. The molecular weight excluding hydrogens is 378 g/mol. The Labute approximate surface area is 174 Å². The summed E-state index contributed by atoms with van der Waals surface area (Å²) in [5.41, 5.74) is 4.61. The molecule has 0 spiro atoms. The van der Waals surface area contributed by atoms with Crippen LogP contribution in [0.2, 0.25) is 0 Å². The first-order valence-corrected chi connectivity index (χ1v) is 10.0. The highest BCUT2D eigenvalue weighted by atomic mass is 16.5. The molecule has 2 amide bonds. The van der Waals surface area contributed by atoms with Gasteiger partial charge in [-0.2, -0.15) is 0 Å². The molecule has 6 nitrogen and oxygen atoms in total. The van der Waals surface area contributed by atoms with Crippen molar-refractivity contribution in [2.45, 2.75) is 25.5 Å². The van der Waals surface area contributed by atoms with E-state index in [0.717, 1.165) is 29.0 Å². The molecule has 1 aromatic heterocycles. The van der Waals surface area contributed by atoms with E-state index in [1.165, 1.54) is 5.56 Å². The van der Waals surface area contributed by atoms with Gasteiger partial charge in [-0.05, 0) is 53.4 Å². The van der Waals surface area contributed by atoms with Gasteiger partial charge in [0.05, 0.1) is 0 Å². The Morgan fingerprint density at radius 3 is 2.67 bits per heavy atom. The first-order valence-electron chi connectivity index (χ1n) is 10.0. The molecule has 1 unspecified atom stereocenters. The highest BCUT2D eigenvalue weighted by molar-refractivity contribution is 6.04. The van der Waals surface area contributed by atoms with Crippen molar-refractivity contribution in [3.63, 3.8) is 0 Å². The smallest absolute Gasteiger partial charge is 0.264 e. The topological polar surface area (TPSA) is 71.5 Å². The van der Waals surface area contributed by atoms with Gasteiger partial charge in [-0.1, -0.05) is 24.3 Å². The minimum atomic E-state index is -0.460. The molecule has 0 saturated heterocycles. The molecule has 0 aliphatic carbocycles. The summed E-state index contributed by atoms with van der Waals surface area (Å²) in [5, 5.41) is 2.92. The van der Waals surface area contributed by atoms with Crippen molar-refractivity contribution >= 4 is 17.5 Å². The van der Waals surface area contributed by atoms with E-state index < -0.39 is 6.10 Å². The number of hydrogen-bond donors (Lipinski definition) is 1. The van der Waals surface area contributed by atoms with Crippen LogP contribution in [0, 0.1) is 0 Å². The molecule has 0 radical (unpaired) electrons. The highest BCUT2D eigenvalue weighted by Gasteiger charge is 2.33. The van der Waals surface area contributed by atoms with E-state index in [2.05, 4.69) is 10.3 Å². The summed E-state index contributed by atoms with van der Waals surface area (Å²) in [4.78, 5) is 31.3. The Kier molecular flexibility index (Phi) is 4.67. The molecule has 1 atom stereocenters. The fourth-order valence-electron chi connectivity index (χ4n) is 4.05. The standard InChI is InChI=1S/C24H21N3O3/c28-23(17-7-10-25-11-8-17)26-20-6-5-16-9-12-27(15-19(16)13-20)24(29)22-14-18-3-1-2-4-21(18)30-22/h1-8,10-11,13,22H,9,12,14-15H2,(H,26,28). The summed E-state index contributed by atoms with van der Waals surface area (Å²) < 4.78 is 5.88. The molecule has 2 aliphatic rings. The average Bonchev–Trinajstić information content (AvgIpc) is 3.23. The van der Waals surface area contributed by atoms with Crippen LogP contribution in [-0.2, 0) is 24.2 Å². The van der Waals surface area contributed by atoms with Gasteiger partial charge in [0.2, 0.25) is 0 Å². The van der Waals surface area contributed by atoms with E-state index in [0.29, 0.717) is 25.1 Å². The van der Waals surface area contributed by atoms with E-state index in [1.807, 2.05) is 47.4 Å². The number of nitrogens with zero attached hydrogens (tertiary/aromatic N) is 2. The van der Waals surface area contributed by atoms with Crippen LogP contribution in [0.3, 0.4) is 0 Å². The number of benzene rings is 2. The Morgan fingerprint density at radius 1 is 1.00 bits per heavy atom. The zero-order chi connectivity index (χ0) is 20.5. The second kappa shape index (κ2) is 7.63. The van der Waals surface area contributed by atoms with Gasteiger partial charge >= 0.3 is 0 Å². The Morgan fingerprint density at radius 2 is 1.83 bits per heavy atom. The number of rotatable bonds is 3. The molecule has 30 heavy (non-hydrogen) atoms. The van der Waals surface area contributed by atoms with Gasteiger partial charge < -0.3 is 15.0 Å². The molecule has 0 saturated carbocycles. The maximum absolute atomic E-state index is 13.1. The lowest BCUT2D eigenvalue weighted by Gasteiger charge is -2.31. The van der Waals surface area contributed by atoms with Crippen molar-refractivity contribution in [3.05, 3.63) is 89.2 Å². The average molecular weight is 399 g/mol. The zero-order valence-corrected chi connectivity index (χ0v) is 16.4. The molecule has 150 valence electrons. The third-order valence-corrected chi connectivity index (χ3v) is 5.65.